The van der Waals surface area contributed by atoms with Gasteiger partial charge in [0, 0.05) is 36.6 Å². The Kier molecular flexibility index (Phi) is 6.11. The second kappa shape index (κ2) is 8.25. The molecule has 0 saturated carbocycles. The van der Waals surface area contributed by atoms with E-state index in [4.69, 9.17) is 0 Å². The first kappa shape index (κ1) is 21.5. The summed E-state index contributed by atoms with van der Waals surface area (Å²) in [5, 5.41) is 9.30. The van der Waals surface area contributed by atoms with Crippen LogP contribution in [0.15, 0.2) is 58.3 Å². The molecular weight excluding hydrogens is 429 g/mol. The van der Waals surface area contributed by atoms with Crippen LogP contribution in [0, 0.1) is 0 Å². The second-order valence-corrected chi connectivity index (χ2v) is 9.34. The van der Waals surface area contributed by atoms with Gasteiger partial charge in [-0.15, -0.1) is 0 Å². The number of carbonyl (C=O) groups is 1. The number of phenolic OH excluding ortho intramolecular Hbond substituents is 1. The molecule has 0 spiro atoms. The van der Waals surface area contributed by atoms with E-state index in [0.717, 1.165) is 24.3 Å². The van der Waals surface area contributed by atoms with Gasteiger partial charge in [-0.3, -0.25) is 4.79 Å². The molecular formula is C18H17F3N2O4S2. The van der Waals surface area contributed by atoms with Crippen LogP contribution in [0.4, 0.5) is 13.2 Å². The number of halogens is 3. The lowest BCUT2D eigenvalue weighted by Crippen LogP contribution is -2.50. The van der Waals surface area contributed by atoms with E-state index < -0.39 is 15.5 Å². The van der Waals surface area contributed by atoms with Gasteiger partial charge in [-0.2, -0.15) is 17.5 Å². The van der Waals surface area contributed by atoms with Crippen LogP contribution < -0.4 is 0 Å². The monoisotopic (exact) mass is 446 g/mol. The number of piperazine rings is 1. The molecule has 6 nitrogen and oxygen atoms in total. The van der Waals surface area contributed by atoms with E-state index in [1.54, 1.807) is 0 Å². The summed E-state index contributed by atoms with van der Waals surface area (Å²) in [5.41, 5.74) is -4.06. The molecule has 29 heavy (non-hydrogen) atoms. The highest BCUT2D eigenvalue weighted by atomic mass is 32.2. The van der Waals surface area contributed by atoms with Gasteiger partial charge in [-0.1, -0.05) is 0 Å². The maximum absolute atomic E-state index is 12.7. The summed E-state index contributed by atoms with van der Waals surface area (Å²) in [6.45, 7) is 0.512. The van der Waals surface area contributed by atoms with Crippen molar-refractivity contribution < 1.29 is 31.5 Å². The van der Waals surface area contributed by atoms with Crippen molar-refractivity contribution in [2.45, 2.75) is 15.3 Å². The number of thioether (sulfide) groups is 1. The second-order valence-electron chi connectivity index (χ2n) is 6.26. The fourth-order valence-electron chi connectivity index (χ4n) is 2.88. The van der Waals surface area contributed by atoms with Crippen molar-refractivity contribution in [1.82, 2.24) is 9.21 Å². The Hall–Kier alpha value is -2.24. The van der Waals surface area contributed by atoms with Gasteiger partial charge in [-0.05, 0) is 60.3 Å². The highest BCUT2D eigenvalue weighted by molar-refractivity contribution is 8.00. The Labute approximate surface area is 170 Å². The molecule has 1 aliphatic rings. The topological polar surface area (TPSA) is 77.9 Å². The number of carbonyl (C=O) groups excluding carboxylic acids is 1. The quantitative estimate of drug-likeness (QED) is 0.730. The Morgan fingerprint density at radius 3 is 2.00 bits per heavy atom. The van der Waals surface area contributed by atoms with Crippen molar-refractivity contribution >= 4 is 27.7 Å². The third kappa shape index (κ3) is 5.22. The molecule has 0 radical (unpaired) electrons. The molecule has 0 atom stereocenters. The first-order valence-corrected chi connectivity index (χ1v) is 10.8. The van der Waals surface area contributed by atoms with Gasteiger partial charge in [0.1, 0.15) is 5.75 Å². The van der Waals surface area contributed by atoms with Crippen molar-refractivity contribution in [1.29, 1.82) is 0 Å². The molecule has 1 heterocycles. The normalized spacial score (nSPS) is 16.0. The summed E-state index contributed by atoms with van der Waals surface area (Å²) >= 11 is -0.310. The lowest BCUT2D eigenvalue weighted by Gasteiger charge is -2.34. The van der Waals surface area contributed by atoms with E-state index in [0.29, 0.717) is 5.56 Å². The van der Waals surface area contributed by atoms with Gasteiger partial charge in [0.2, 0.25) is 10.0 Å². The van der Waals surface area contributed by atoms with Crippen LogP contribution in [0.1, 0.15) is 10.4 Å². The number of benzene rings is 2. The Bertz CT molecular complexity index is 970. The third-order valence-corrected chi connectivity index (χ3v) is 6.99. The van der Waals surface area contributed by atoms with E-state index in [2.05, 4.69) is 0 Å². The van der Waals surface area contributed by atoms with Crippen LogP contribution >= 0.6 is 11.8 Å². The zero-order valence-electron chi connectivity index (χ0n) is 15.0. The van der Waals surface area contributed by atoms with Crippen molar-refractivity contribution in [3.05, 3.63) is 54.1 Å². The average molecular weight is 446 g/mol. The molecule has 3 rings (SSSR count). The number of rotatable bonds is 4. The lowest BCUT2D eigenvalue weighted by atomic mass is 10.2. The highest BCUT2D eigenvalue weighted by Gasteiger charge is 2.32. The maximum Gasteiger partial charge on any atom is 0.446 e. The Balaban J connectivity index is 1.65. The van der Waals surface area contributed by atoms with Gasteiger partial charge < -0.3 is 10.0 Å². The minimum Gasteiger partial charge on any atom is -0.508 e. The predicted octanol–water partition coefficient (Wildman–Crippen LogP) is 3.15. The molecule has 0 bridgehead atoms. The standard InChI is InChI=1S/C18H17F3N2O4S2/c19-18(20,21)28-15-5-7-16(8-6-15)29(26,27)23-11-9-22(10-12-23)17(25)13-1-3-14(24)4-2-13/h1-8,24H,9-12H2. The molecule has 2 aromatic carbocycles. The summed E-state index contributed by atoms with van der Waals surface area (Å²) in [5.74, 6) is -0.229. The van der Waals surface area contributed by atoms with Crippen LogP contribution in [0.2, 0.25) is 0 Å². The number of amides is 1. The number of alkyl halides is 3. The van der Waals surface area contributed by atoms with Crippen molar-refractivity contribution in [3.8, 4) is 5.75 Å². The fourth-order valence-corrected chi connectivity index (χ4v) is 4.84. The van der Waals surface area contributed by atoms with E-state index in [1.807, 2.05) is 0 Å². The number of nitrogens with zero attached hydrogens (tertiary/aromatic N) is 2. The fraction of sp³-hybridized carbons (Fsp3) is 0.278. The van der Waals surface area contributed by atoms with Crippen LogP contribution in [-0.4, -0.2) is 60.3 Å². The first-order chi connectivity index (χ1) is 13.6. The summed E-state index contributed by atoms with van der Waals surface area (Å²) in [7, 11) is -3.87. The number of phenols is 1. The zero-order chi connectivity index (χ0) is 21.2. The van der Waals surface area contributed by atoms with E-state index in [9.17, 15) is 31.5 Å². The van der Waals surface area contributed by atoms with Crippen molar-refractivity contribution in [3.63, 3.8) is 0 Å². The molecule has 0 unspecified atom stereocenters. The SMILES string of the molecule is O=C(c1ccc(O)cc1)N1CCN(S(=O)(=O)c2ccc(SC(F)(F)F)cc2)CC1. The largest absolute Gasteiger partial charge is 0.508 e. The molecule has 1 saturated heterocycles. The molecule has 1 amide bonds. The third-order valence-electron chi connectivity index (χ3n) is 4.34. The van der Waals surface area contributed by atoms with E-state index >= 15 is 0 Å². The van der Waals surface area contributed by atoms with Crippen LogP contribution in [0.5, 0.6) is 5.75 Å². The van der Waals surface area contributed by atoms with Gasteiger partial charge in [0.15, 0.2) is 0 Å². The van der Waals surface area contributed by atoms with Gasteiger partial charge in [0.25, 0.3) is 5.91 Å². The first-order valence-electron chi connectivity index (χ1n) is 8.50. The smallest absolute Gasteiger partial charge is 0.446 e. The summed E-state index contributed by atoms with van der Waals surface area (Å²) < 4.78 is 63.9. The van der Waals surface area contributed by atoms with Crippen LogP contribution in [0.25, 0.3) is 0 Å². The number of hydrogen-bond donors (Lipinski definition) is 1. The predicted molar refractivity (Wildman–Crippen MR) is 101 cm³/mol. The molecule has 0 aliphatic carbocycles. The summed E-state index contributed by atoms with van der Waals surface area (Å²) in [6, 6.07) is 10.3. The molecule has 1 fully saturated rings. The number of sulfonamides is 1. The van der Waals surface area contributed by atoms with Crippen LogP contribution in [-0.2, 0) is 10.0 Å². The lowest BCUT2D eigenvalue weighted by molar-refractivity contribution is -0.0328. The molecule has 2 aromatic rings. The van der Waals surface area contributed by atoms with Crippen LogP contribution in [0.3, 0.4) is 0 Å². The summed E-state index contributed by atoms with van der Waals surface area (Å²) in [4.78, 5) is 13.8. The Morgan fingerprint density at radius 2 is 1.48 bits per heavy atom. The van der Waals surface area contributed by atoms with E-state index in [-0.39, 0.29) is 59.4 Å². The molecule has 1 N–H and O–H groups in total. The molecule has 11 heteroatoms. The summed E-state index contributed by atoms with van der Waals surface area (Å²) in [6.07, 6.45) is 0. The minimum atomic E-state index is -4.44. The molecule has 1 aliphatic heterocycles. The van der Waals surface area contributed by atoms with Gasteiger partial charge >= 0.3 is 5.51 Å². The molecule has 156 valence electrons. The zero-order valence-corrected chi connectivity index (χ0v) is 16.6. The van der Waals surface area contributed by atoms with E-state index in [1.165, 1.54) is 33.5 Å². The van der Waals surface area contributed by atoms with Gasteiger partial charge in [0.05, 0.1) is 4.90 Å². The molecule has 0 aromatic heterocycles. The highest BCUT2D eigenvalue weighted by Crippen LogP contribution is 2.37. The number of hydrogen-bond acceptors (Lipinski definition) is 5. The van der Waals surface area contributed by atoms with Gasteiger partial charge in [-0.25, -0.2) is 8.42 Å². The van der Waals surface area contributed by atoms with Crippen molar-refractivity contribution in [2.24, 2.45) is 0 Å². The number of aromatic hydroxyl groups is 1. The minimum absolute atomic E-state index is 0.0390. The Morgan fingerprint density at radius 1 is 0.931 bits per heavy atom. The average Bonchev–Trinajstić information content (AvgIpc) is 2.67. The maximum atomic E-state index is 12.7. The van der Waals surface area contributed by atoms with Crippen molar-refractivity contribution in [2.75, 3.05) is 26.2 Å².